The van der Waals surface area contributed by atoms with Gasteiger partial charge in [0.2, 0.25) is 0 Å². The molecule has 102 valence electrons. The number of ether oxygens (including phenoxy) is 1. The van der Waals surface area contributed by atoms with E-state index in [1.165, 1.54) is 0 Å². The second-order valence-electron chi connectivity index (χ2n) is 4.41. The molecule has 0 saturated carbocycles. The Balaban J connectivity index is 1.94. The molecule has 0 aliphatic carbocycles. The minimum atomic E-state index is -0.405. The molecule has 0 bridgehead atoms. The number of benzene rings is 1. The molecule has 3 rings (SSSR count). The summed E-state index contributed by atoms with van der Waals surface area (Å²) in [7, 11) is 1.58. The first-order valence-electron chi connectivity index (χ1n) is 6.22. The first-order chi connectivity index (χ1) is 9.78. The Morgan fingerprint density at radius 2 is 2.05 bits per heavy atom. The molecule has 3 aromatic rings. The predicted molar refractivity (Wildman–Crippen MR) is 73.8 cm³/mol. The molecule has 2 heterocycles. The van der Waals surface area contributed by atoms with Gasteiger partial charge in [-0.05, 0) is 12.1 Å². The molecule has 0 saturated heterocycles. The predicted octanol–water partition coefficient (Wildman–Crippen LogP) is 1.93. The van der Waals surface area contributed by atoms with Crippen molar-refractivity contribution in [1.82, 2.24) is 15.1 Å². The molecule has 1 unspecified atom stereocenters. The molecule has 0 spiro atoms. The van der Waals surface area contributed by atoms with Crippen molar-refractivity contribution in [3.63, 3.8) is 0 Å². The van der Waals surface area contributed by atoms with E-state index in [2.05, 4.69) is 15.1 Å². The third-order valence-corrected chi connectivity index (χ3v) is 2.94. The van der Waals surface area contributed by atoms with Gasteiger partial charge >= 0.3 is 0 Å². The van der Waals surface area contributed by atoms with E-state index in [1.54, 1.807) is 7.11 Å². The highest BCUT2D eigenvalue weighted by Crippen LogP contribution is 2.20. The Kier molecular flexibility index (Phi) is 3.41. The van der Waals surface area contributed by atoms with E-state index in [0.717, 1.165) is 10.9 Å². The number of aromatic nitrogens is 3. The topological polar surface area (TPSA) is 87.1 Å². The van der Waals surface area contributed by atoms with Gasteiger partial charge in [-0.1, -0.05) is 29.4 Å². The summed E-state index contributed by atoms with van der Waals surface area (Å²) in [6, 6.07) is 11.3. The number of nitrogens with two attached hydrogens (primary N) is 1. The van der Waals surface area contributed by atoms with Crippen molar-refractivity contribution in [2.45, 2.75) is 6.04 Å². The molecule has 2 aromatic heterocycles. The van der Waals surface area contributed by atoms with E-state index in [1.807, 2.05) is 36.4 Å². The van der Waals surface area contributed by atoms with Gasteiger partial charge in [-0.25, -0.2) is 4.98 Å². The smallest absolute Gasteiger partial charge is 0.276 e. The lowest BCUT2D eigenvalue weighted by Gasteiger charge is -2.03. The largest absolute Gasteiger partial charge is 0.383 e. The SMILES string of the molecule is COCC(N)c1noc(-c2ccc3ccccc3n2)n1. The lowest BCUT2D eigenvalue weighted by molar-refractivity contribution is 0.177. The fourth-order valence-corrected chi connectivity index (χ4v) is 1.93. The zero-order chi connectivity index (χ0) is 13.9. The van der Waals surface area contributed by atoms with Gasteiger partial charge < -0.3 is 15.0 Å². The molecule has 2 N–H and O–H groups in total. The van der Waals surface area contributed by atoms with Gasteiger partial charge in [0.1, 0.15) is 5.69 Å². The van der Waals surface area contributed by atoms with Gasteiger partial charge in [0.15, 0.2) is 5.82 Å². The van der Waals surface area contributed by atoms with Crippen LogP contribution in [-0.2, 0) is 4.74 Å². The molecule has 0 radical (unpaired) electrons. The van der Waals surface area contributed by atoms with Crippen molar-refractivity contribution < 1.29 is 9.26 Å². The van der Waals surface area contributed by atoms with Crippen LogP contribution in [0, 0.1) is 0 Å². The van der Waals surface area contributed by atoms with E-state index in [-0.39, 0.29) is 0 Å². The van der Waals surface area contributed by atoms with Crippen molar-refractivity contribution in [2.75, 3.05) is 13.7 Å². The van der Waals surface area contributed by atoms with Crippen molar-refractivity contribution >= 4 is 10.9 Å². The molecule has 6 nitrogen and oxygen atoms in total. The average Bonchev–Trinajstić information content (AvgIpc) is 2.97. The Hall–Kier alpha value is -2.31. The van der Waals surface area contributed by atoms with Crippen LogP contribution >= 0.6 is 0 Å². The molecule has 0 fully saturated rings. The van der Waals surface area contributed by atoms with Crippen LogP contribution in [0.3, 0.4) is 0 Å². The van der Waals surface area contributed by atoms with E-state index in [9.17, 15) is 0 Å². The standard InChI is InChI=1S/C14H14N4O2/c1-19-8-10(15)13-17-14(20-18-13)12-7-6-9-4-2-3-5-11(9)16-12/h2-7,10H,8,15H2,1H3. The third kappa shape index (κ3) is 2.38. The van der Waals surface area contributed by atoms with Crippen LogP contribution in [0.1, 0.15) is 11.9 Å². The second-order valence-corrected chi connectivity index (χ2v) is 4.41. The van der Waals surface area contributed by atoms with Gasteiger partial charge in [-0.2, -0.15) is 4.98 Å². The molecular formula is C14H14N4O2. The fraction of sp³-hybridized carbons (Fsp3) is 0.214. The lowest BCUT2D eigenvalue weighted by Crippen LogP contribution is -2.17. The Morgan fingerprint density at radius 3 is 2.90 bits per heavy atom. The van der Waals surface area contributed by atoms with Gasteiger partial charge in [-0.15, -0.1) is 0 Å². The van der Waals surface area contributed by atoms with E-state index < -0.39 is 6.04 Å². The van der Waals surface area contributed by atoms with E-state index in [4.69, 9.17) is 15.0 Å². The van der Waals surface area contributed by atoms with Crippen LogP contribution in [0.25, 0.3) is 22.5 Å². The summed E-state index contributed by atoms with van der Waals surface area (Å²) < 4.78 is 10.2. The molecule has 0 amide bonds. The van der Waals surface area contributed by atoms with Crippen molar-refractivity contribution in [3.05, 3.63) is 42.2 Å². The number of hydrogen-bond donors (Lipinski definition) is 1. The van der Waals surface area contributed by atoms with E-state index in [0.29, 0.717) is 24.0 Å². The first kappa shape index (κ1) is 12.7. The number of para-hydroxylation sites is 1. The molecule has 1 atom stereocenters. The zero-order valence-corrected chi connectivity index (χ0v) is 11.0. The van der Waals surface area contributed by atoms with Gasteiger partial charge in [0.05, 0.1) is 18.2 Å². The summed E-state index contributed by atoms with van der Waals surface area (Å²) in [6.07, 6.45) is 0. The maximum atomic E-state index is 5.86. The number of rotatable bonds is 4. The Bertz CT molecular complexity index is 726. The Morgan fingerprint density at radius 1 is 1.20 bits per heavy atom. The molecule has 20 heavy (non-hydrogen) atoms. The van der Waals surface area contributed by atoms with Crippen LogP contribution in [0.2, 0.25) is 0 Å². The number of pyridine rings is 1. The number of fused-ring (bicyclic) bond motifs is 1. The van der Waals surface area contributed by atoms with Crippen LogP contribution < -0.4 is 5.73 Å². The lowest BCUT2D eigenvalue weighted by atomic mass is 10.2. The minimum absolute atomic E-state index is 0.337. The van der Waals surface area contributed by atoms with Crippen LogP contribution in [0.15, 0.2) is 40.9 Å². The van der Waals surface area contributed by atoms with Crippen LogP contribution in [0.5, 0.6) is 0 Å². The summed E-state index contributed by atoms with van der Waals surface area (Å²) in [6.45, 7) is 0.337. The quantitative estimate of drug-likeness (QED) is 0.779. The highest BCUT2D eigenvalue weighted by atomic mass is 16.5. The summed E-state index contributed by atoms with van der Waals surface area (Å²) in [5.41, 5.74) is 7.37. The highest BCUT2D eigenvalue weighted by molar-refractivity contribution is 5.80. The first-order valence-corrected chi connectivity index (χ1v) is 6.22. The van der Waals surface area contributed by atoms with Crippen molar-refractivity contribution in [1.29, 1.82) is 0 Å². The molecule has 1 aromatic carbocycles. The molecule has 6 heteroatoms. The fourth-order valence-electron chi connectivity index (χ4n) is 1.93. The number of hydrogen-bond acceptors (Lipinski definition) is 6. The highest BCUT2D eigenvalue weighted by Gasteiger charge is 2.16. The number of nitrogens with zero attached hydrogens (tertiary/aromatic N) is 3. The Labute approximate surface area is 115 Å². The minimum Gasteiger partial charge on any atom is -0.383 e. The maximum absolute atomic E-state index is 5.86. The molecule has 0 aliphatic rings. The maximum Gasteiger partial charge on any atom is 0.276 e. The molecule has 0 aliphatic heterocycles. The van der Waals surface area contributed by atoms with Gasteiger partial charge in [-0.3, -0.25) is 0 Å². The average molecular weight is 270 g/mol. The van der Waals surface area contributed by atoms with Crippen molar-refractivity contribution in [3.8, 4) is 11.6 Å². The normalized spacial score (nSPS) is 12.7. The zero-order valence-electron chi connectivity index (χ0n) is 11.0. The van der Waals surface area contributed by atoms with E-state index >= 15 is 0 Å². The summed E-state index contributed by atoms with van der Waals surface area (Å²) in [5, 5.41) is 4.92. The summed E-state index contributed by atoms with van der Waals surface area (Å²) >= 11 is 0. The van der Waals surface area contributed by atoms with Crippen LogP contribution in [0.4, 0.5) is 0 Å². The third-order valence-electron chi connectivity index (χ3n) is 2.94. The monoisotopic (exact) mass is 270 g/mol. The van der Waals surface area contributed by atoms with Gasteiger partial charge in [0, 0.05) is 12.5 Å². The molecular weight excluding hydrogens is 256 g/mol. The van der Waals surface area contributed by atoms with Crippen molar-refractivity contribution in [2.24, 2.45) is 5.73 Å². The summed E-state index contributed by atoms with van der Waals surface area (Å²) in [4.78, 5) is 8.76. The van der Waals surface area contributed by atoms with Gasteiger partial charge in [0.25, 0.3) is 5.89 Å². The second kappa shape index (κ2) is 5.36. The summed E-state index contributed by atoms with van der Waals surface area (Å²) in [5.74, 6) is 0.772. The van der Waals surface area contributed by atoms with Crippen LogP contribution in [-0.4, -0.2) is 28.8 Å². The number of methoxy groups -OCH3 is 1.